The molecular weight excluding hydrogens is 180 g/mol. The molecule has 0 aliphatic rings. The minimum absolute atomic E-state index is 0.0353. The maximum Gasteiger partial charge on any atom is 0.172 e. The molecule has 0 spiro atoms. The second kappa shape index (κ2) is 4.50. The van der Waals surface area contributed by atoms with Gasteiger partial charge in [0.1, 0.15) is 0 Å². The van der Waals surface area contributed by atoms with Crippen LogP contribution >= 0.6 is 15.9 Å². The van der Waals surface area contributed by atoms with E-state index in [1.54, 1.807) is 12.2 Å². The van der Waals surface area contributed by atoms with Gasteiger partial charge in [-0.25, -0.2) is 0 Å². The van der Waals surface area contributed by atoms with E-state index in [1.807, 2.05) is 6.92 Å². The molecule has 0 atom stereocenters. The summed E-state index contributed by atoms with van der Waals surface area (Å²) in [6, 6.07) is 0. The maximum atomic E-state index is 10.7. The number of halogens is 1. The Morgan fingerprint density at radius 3 is 2.67 bits per heavy atom. The minimum atomic E-state index is 0.0353. The molecule has 2 heteroatoms. The fourth-order valence-corrected chi connectivity index (χ4v) is 0.740. The minimum Gasteiger partial charge on any atom is -0.293 e. The first-order valence-electron chi connectivity index (χ1n) is 2.63. The number of hydrogen-bond donors (Lipinski definition) is 0. The largest absolute Gasteiger partial charge is 0.293 e. The van der Waals surface area contributed by atoms with Crippen molar-refractivity contribution < 1.29 is 4.79 Å². The summed E-state index contributed by atoms with van der Waals surface area (Å²) in [6.07, 6.45) is 3.49. The van der Waals surface area contributed by atoms with E-state index in [9.17, 15) is 4.79 Å². The molecule has 0 aliphatic carbocycles. The summed E-state index contributed by atoms with van der Waals surface area (Å²) in [5.41, 5.74) is 0.550. The molecule has 0 fully saturated rings. The van der Waals surface area contributed by atoms with Gasteiger partial charge in [0.2, 0.25) is 0 Å². The van der Waals surface area contributed by atoms with Crippen molar-refractivity contribution in [1.82, 2.24) is 0 Å². The van der Waals surface area contributed by atoms with E-state index in [0.717, 1.165) is 0 Å². The second-order valence-electron chi connectivity index (χ2n) is 1.58. The summed E-state index contributed by atoms with van der Waals surface area (Å²) >= 11 is 3.04. The molecule has 0 heterocycles. The summed E-state index contributed by atoms with van der Waals surface area (Å²) < 4.78 is 0. The number of rotatable bonds is 3. The van der Waals surface area contributed by atoms with Crippen molar-refractivity contribution in [2.24, 2.45) is 0 Å². The van der Waals surface area contributed by atoms with Crippen LogP contribution in [0.3, 0.4) is 0 Å². The van der Waals surface area contributed by atoms with Gasteiger partial charge >= 0.3 is 0 Å². The van der Waals surface area contributed by atoms with Crippen LogP contribution < -0.4 is 0 Å². The summed E-state index contributed by atoms with van der Waals surface area (Å²) in [5.74, 6) is 0.0353. The van der Waals surface area contributed by atoms with Crippen LogP contribution in [0.1, 0.15) is 6.92 Å². The summed E-state index contributed by atoms with van der Waals surface area (Å²) in [7, 11) is 0. The fraction of sp³-hybridized carbons (Fsp3) is 0.286. The Hall–Kier alpha value is -0.370. The number of Topliss-reactive ketones (excluding diaryl/α,β-unsaturated/α-hetero) is 1. The van der Waals surface area contributed by atoms with Gasteiger partial charge < -0.3 is 0 Å². The summed E-state index contributed by atoms with van der Waals surface area (Å²) in [5, 5.41) is 0.357. The molecule has 0 saturated carbocycles. The van der Waals surface area contributed by atoms with Gasteiger partial charge in [0.25, 0.3) is 0 Å². The first kappa shape index (κ1) is 8.63. The molecule has 0 unspecified atom stereocenters. The average Bonchev–Trinajstić information content (AvgIpc) is 1.87. The van der Waals surface area contributed by atoms with Crippen molar-refractivity contribution in [2.45, 2.75) is 6.92 Å². The molecule has 0 N–H and O–H groups in total. The standard InChI is InChI=1S/C7H9BrO/c1-3-4-6(2)7(9)5-8/h3-4H,2,5H2,1H3/b4-3-. The van der Waals surface area contributed by atoms with Gasteiger partial charge in [-0.3, -0.25) is 4.79 Å². The van der Waals surface area contributed by atoms with Crippen molar-refractivity contribution in [3.05, 3.63) is 24.3 Å². The van der Waals surface area contributed by atoms with Crippen LogP contribution in [0.25, 0.3) is 0 Å². The molecule has 0 aliphatic heterocycles. The number of alkyl halides is 1. The molecule has 0 saturated heterocycles. The molecular formula is C7H9BrO. The normalized spacial score (nSPS) is 10.0. The van der Waals surface area contributed by atoms with Crippen LogP contribution in [-0.4, -0.2) is 11.1 Å². The van der Waals surface area contributed by atoms with Crippen molar-refractivity contribution in [3.63, 3.8) is 0 Å². The van der Waals surface area contributed by atoms with Gasteiger partial charge in [-0.1, -0.05) is 34.7 Å². The van der Waals surface area contributed by atoms with E-state index in [-0.39, 0.29) is 5.78 Å². The average molecular weight is 189 g/mol. The predicted octanol–water partition coefficient (Wildman–Crippen LogP) is 2.08. The Morgan fingerprint density at radius 2 is 2.33 bits per heavy atom. The van der Waals surface area contributed by atoms with Crippen molar-refractivity contribution >= 4 is 21.7 Å². The zero-order valence-corrected chi connectivity index (χ0v) is 6.94. The predicted molar refractivity (Wildman–Crippen MR) is 42.8 cm³/mol. The van der Waals surface area contributed by atoms with Gasteiger partial charge in [0.15, 0.2) is 5.78 Å². The topological polar surface area (TPSA) is 17.1 Å². The molecule has 0 amide bonds. The maximum absolute atomic E-state index is 10.7. The van der Waals surface area contributed by atoms with E-state index in [0.29, 0.717) is 10.9 Å². The summed E-state index contributed by atoms with van der Waals surface area (Å²) in [6.45, 7) is 5.40. The van der Waals surface area contributed by atoms with Gasteiger partial charge in [0.05, 0.1) is 5.33 Å². The highest BCUT2D eigenvalue weighted by Crippen LogP contribution is 1.97. The first-order chi connectivity index (χ1) is 4.22. The van der Waals surface area contributed by atoms with Crippen molar-refractivity contribution in [3.8, 4) is 0 Å². The van der Waals surface area contributed by atoms with Gasteiger partial charge in [-0.2, -0.15) is 0 Å². The molecule has 0 aromatic carbocycles. The molecule has 50 valence electrons. The smallest absolute Gasteiger partial charge is 0.172 e. The van der Waals surface area contributed by atoms with Crippen LogP contribution in [0.5, 0.6) is 0 Å². The van der Waals surface area contributed by atoms with Gasteiger partial charge in [0, 0.05) is 5.57 Å². The highest BCUT2D eigenvalue weighted by Gasteiger charge is 1.98. The van der Waals surface area contributed by atoms with Crippen LogP contribution in [0.15, 0.2) is 24.3 Å². The Kier molecular flexibility index (Phi) is 4.32. The lowest BCUT2D eigenvalue weighted by molar-refractivity contribution is -0.112. The molecule has 1 nitrogen and oxygen atoms in total. The Labute approximate surface area is 63.6 Å². The van der Waals surface area contributed by atoms with Crippen molar-refractivity contribution in [1.29, 1.82) is 0 Å². The van der Waals surface area contributed by atoms with Crippen LogP contribution in [0, 0.1) is 0 Å². The van der Waals surface area contributed by atoms with Crippen LogP contribution in [-0.2, 0) is 4.79 Å². The molecule has 0 rings (SSSR count). The molecule has 9 heavy (non-hydrogen) atoms. The second-order valence-corrected chi connectivity index (χ2v) is 2.14. The van der Waals surface area contributed by atoms with E-state index in [4.69, 9.17) is 0 Å². The molecule has 0 aromatic heterocycles. The number of carbonyl (C=O) groups excluding carboxylic acids is 1. The number of ketones is 1. The van der Waals surface area contributed by atoms with E-state index in [1.165, 1.54) is 0 Å². The van der Waals surface area contributed by atoms with E-state index in [2.05, 4.69) is 22.5 Å². The third-order valence-corrected chi connectivity index (χ3v) is 1.36. The lowest BCUT2D eigenvalue weighted by atomic mass is 10.2. The summed E-state index contributed by atoms with van der Waals surface area (Å²) in [4.78, 5) is 10.7. The van der Waals surface area contributed by atoms with Crippen LogP contribution in [0.4, 0.5) is 0 Å². The third-order valence-electron chi connectivity index (χ3n) is 0.847. The molecule has 0 bridgehead atoms. The van der Waals surface area contributed by atoms with E-state index >= 15 is 0 Å². The zero-order valence-electron chi connectivity index (χ0n) is 5.36. The highest BCUT2D eigenvalue weighted by molar-refractivity contribution is 9.09. The first-order valence-corrected chi connectivity index (χ1v) is 3.75. The SMILES string of the molecule is C=C(/C=C\C)C(=O)CBr. The number of allylic oxidation sites excluding steroid dienone is 3. The number of carbonyl (C=O) groups is 1. The van der Waals surface area contributed by atoms with E-state index < -0.39 is 0 Å². The Bertz CT molecular complexity index is 147. The quantitative estimate of drug-likeness (QED) is 0.377. The Balaban J connectivity index is 3.89. The Morgan fingerprint density at radius 1 is 1.78 bits per heavy atom. The fourth-order valence-electron chi connectivity index (χ4n) is 0.380. The number of hydrogen-bond acceptors (Lipinski definition) is 1. The zero-order chi connectivity index (χ0) is 7.28. The van der Waals surface area contributed by atoms with Gasteiger partial charge in [-0.15, -0.1) is 0 Å². The lowest BCUT2D eigenvalue weighted by Crippen LogP contribution is -1.98. The monoisotopic (exact) mass is 188 g/mol. The lowest BCUT2D eigenvalue weighted by Gasteiger charge is -1.90. The third kappa shape index (κ3) is 3.25. The highest BCUT2D eigenvalue weighted by atomic mass is 79.9. The van der Waals surface area contributed by atoms with Gasteiger partial charge in [-0.05, 0) is 6.92 Å². The van der Waals surface area contributed by atoms with Crippen molar-refractivity contribution in [2.75, 3.05) is 5.33 Å². The molecule has 0 radical (unpaired) electrons. The molecule has 0 aromatic rings. The van der Waals surface area contributed by atoms with Crippen LogP contribution in [0.2, 0.25) is 0 Å².